The Morgan fingerprint density at radius 1 is 0.340 bits per heavy atom. The van der Waals surface area contributed by atoms with Crippen LogP contribution in [0.4, 0.5) is 0 Å². The van der Waals surface area contributed by atoms with E-state index in [9.17, 15) is 43.2 Å². The highest BCUT2D eigenvalue weighted by atomic mass is 31.2. The van der Waals surface area contributed by atoms with Gasteiger partial charge in [-0.15, -0.1) is 0 Å². The third-order valence-electron chi connectivity index (χ3n) is 17.6. The van der Waals surface area contributed by atoms with Gasteiger partial charge in [-0.1, -0.05) is 310 Å². The van der Waals surface area contributed by atoms with Gasteiger partial charge in [-0.3, -0.25) is 37.3 Å². The van der Waals surface area contributed by atoms with Crippen LogP contribution in [0.25, 0.3) is 0 Å². The Morgan fingerprint density at radius 3 is 0.904 bits per heavy atom. The smallest absolute Gasteiger partial charge is 0.462 e. The van der Waals surface area contributed by atoms with E-state index in [0.717, 1.165) is 127 Å². The van der Waals surface area contributed by atoms with E-state index >= 15 is 0 Å². The van der Waals surface area contributed by atoms with Crippen LogP contribution in [0.15, 0.2) is 24.3 Å². The summed E-state index contributed by atoms with van der Waals surface area (Å²) >= 11 is 0. The van der Waals surface area contributed by atoms with Crippen molar-refractivity contribution in [1.29, 1.82) is 0 Å². The minimum Gasteiger partial charge on any atom is -0.462 e. The Labute approximate surface area is 573 Å². The van der Waals surface area contributed by atoms with Crippen molar-refractivity contribution in [2.24, 2.45) is 11.8 Å². The summed E-state index contributed by atoms with van der Waals surface area (Å²) in [7, 11) is -9.92. The van der Waals surface area contributed by atoms with Gasteiger partial charge in [0.15, 0.2) is 12.2 Å². The molecule has 0 heterocycles. The number of carbonyl (C=O) groups excluding carboxylic acids is 4. The molecule has 0 saturated heterocycles. The molecule has 0 aliphatic carbocycles. The fourth-order valence-corrected chi connectivity index (χ4v) is 12.5. The molecule has 3 N–H and O–H groups in total. The number of hydrogen-bond acceptors (Lipinski definition) is 15. The second-order valence-electron chi connectivity index (χ2n) is 26.8. The average molecular weight is 1380 g/mol. The van der Waals surface area contributed by atoms with Gasteiger partial charge in [0.05, 0.1) is 26.4 Å². The van der Waals surface area contributed by atoms with Crippen LogP contribution in [0.1, 0.15) is 363 Å². The number of carbonyl (C=O) groups is 4. The van der Waals surface area contributed by atoms with Crippen molar-refractivity contribution < 1.29 is 80.2 Å². The Hall–Kier alpha value is -2.46. The molecule has 19 heteroatoms. The lowest BCUT2D eigenvalue weighted by Crippen LogP contribution is -2.30. The Morgan fingerprint density at radius 2 is 0.596 bits per heavy atom. The molecule has 0 rings (SSSR count). The van der Waals surface area contributed by atoms with Crippen LogP contribution in [-0.2, 0) is 65.4 Å². The van der Waals surface area contributed by atoms with Crippen molar-refractivity contribution >= 4 is 39.5 Å². The first-order valence-electron chi connectivity index (χ1n) is 38.4. The lowest BCUT2D eigenvalue weighted by molar-refractivity contribution is -0.161. The lowest BCUT2D eigenvalue weighted by Gasteiger charge is -2.21. The third-order valence-corrected chi connectivity index (χ3v) is 19.5. The fraction of sp³-hybridized carbons (Fsp3) is 0.893. The topological polar surface area (TPSA) is 237 Å². The summed E-state index contributed by atoms with van der Waals surface area (Å²) in [6.45, 7) is 9.53. The molecule has 0 aliphatic rings. The molecule has 0 spiro atoms. The summed E-state index contributed by atoms with van der Waals surface area (Å²) in [5.74, 6) is -0.575. The summed E-state index contributed by atoms with van der Waals surface area (Å²) in [4.78, 5) is 72.7. The van der Waals surface area contributed by atoms with E-state index in [-0.39, 0.29) is 25.7 Å². The Balaban J connectivity index is 5.28. The minimum absolute atomic E-state index is 0.101. The van der Waals surface area contributed by atoms with Gasteiger partial charge in [-0.25, -0.2) is 9.13 Å². The molecular weight excluding hydrogens is 1230 g/mol. The summed E-state index contributed by atoms with van der Waals surface area (Å²) in [6, 6.07) is 0. The highest BCUT2D eigenvalue weighted by molar-refractivity contribution is 7.47. The van der Waals surface area contributed by atoms with Gasteiger partial charge in [0.2, 0.25) is 0 Å². The van der Waals surface area contributed by atoms with Crippen LogP contribution in [0, 0.1) is 11.8 Å². The van der Waals surface area contributed by atoms with Gasteiger partial charge < -0.3 is 33.8 Å². The summed E-state index contributed by atoms with van der Waals surface area (Å²) < 4.78 is 68.4. The Bertz CT molecular complexity index is 1920. The standard InChI is InChI=1S/C75H142O17P2/c1-7-11-13-15-17-19-21-22-23-27-31-34-38-45-51-57-72(77)85-63-70(91-75(80)60-54-48-40-36-32-28-25-24-26-30-33-37-43-49-55-67(5)9-3)65-89-93(81,82)87-61-69(76)62-88-94(83,84)90-66-71(64-86-73(78)58-52-46-42-41-44-50-56-68(6)10-4)92-74(79)59-53-47-39-35-29-20-18-16-14-12-8-2/h19,21-23,67-71,76H,7-18,20,24-66H2,1-6H3,(H,81,82)(H,83,84)/b21-19-,23-22-/t67?,68?,69-,70-,71-/m1/s1. The molecule has 7 atom stereocenters. The van der Waals surface area contributed by atoms with Crippen molar-refractivity contribution in [1.82, 2.24) is 0 Å². The number of phosphoric ester groups is 2. The molecule has 0 aromatic carbocycles. The minimum atomic E-state index is -4.96. The quantitative estimate of drug-likeness (QED) is 0.0169. The van der Waals surface area contributed by atoms with Crippen molar-refractivity contribution in [3.8, 4) is 0 Å². The number of hydrogen-bond donors (Lipinski definition) is 3. The SMILES string of the molecule is CCCCCC/C=C\C=C/CCCCCCCC(=O)OC[C@H](COP(=O)(O)OC[C@@H](O)COP(=O)(O)OC[C@@H](COC(=O)CCCCCCCCC(C)CC)OC(=O)CCCCCCCCCCCCC)OC(=O)CCCCCCCCCCCCCCCCC(C)CC. The molecule has 0 aromatic heterocycles. The first kappa shape index (κ1) is 91.5. The van der Waals surface area contributed by atoms with Gasteiger partial charge in [0, 0.05) is 25.7 Å². The van der Waals surface area contributed by atoms with Crippen LogP contribution < -0.4 is 0 Å². The second-order valence-corrected chi connectivity index (χ2v) is 29.7. The van der Waals surface area contributed by atoms with E-state index in [1.165, 1.54) is 154 Å². The number of aliphatic hydroxyl groups excluding tert-OH is 1. The molecule has 17 nitrogen and oxygen atoms in total. The zero-order valence-corrected chi connectivity index (χ0v) is 62.5. The maximum atomic E-state index is 13.1. The van der Waals surface area contributed by atoms with E-state index in [0.29, 0.717) is 25.7 Å². The van der Waals surface area contributed by atoms with E-state index < -0.39 is 97.5 Å². The van der Waals surface area contributed by atoms with Crippen molar-refractivity contribution in [3.05, 3.63) is 24.3 Å². The largest absolute Gasteiger partial charge is 0.472 e. The number of phosphoric acid groups is 2. The molecule has 94 heavy (non-hydrogen) atoms. The van der Waals surface area contributed by atoms with Gasteiger partial charge in [0.1, 0.15) is 19.3 Å². The second kappa shape index (κ2) is 66.4. The summed E-state index contributed by atoms with van der Waals surface area (Å²) in [5, 5.41) is 10.6. The molecule has 4 unspecified atom stereocenters. The number of esters is 4. The number of allylic oxidation sites excluding steroid dienone is 4. The number of aliphatic hydroxyl groups is 1. The fourth-order valence-electron chi connectivity index (χ4n) is 10.9. The summed E-state index contributed by atoms with van der Waals surface area (Å²) in [6.07, 6.45) is 56.2. The monoisotopic (exact) mass is 1380 g/mol. The number of rotatable bonds is 72. The van der Waals surface area contributed by atoms with Crippen LogP contribution in [0.5, 0.6) is 0 Å². The molecule has 0 aromatic rings. The summed E-state index contributed by atoms with van der Waals surface area (Å²) in [5.41, 5.74) is 0. The zero-order valence-electron chi connectivity index (χ0n) is 60.7. The van der Waals surface area contributed by atoms with Gasteiger partial charge in [-0.2, -0.15) is 0 Å². The van der Waals surface area contributed by atoms with Crippen molar-refractivity contribution in [2.75, 3.05) is 39.6 Å². The van der Waals surface area contributed by atoms with Crippen LogP contribution in [0.2, 0.25) is 0 Å². The normalized spacial score (nSPS) is 14.8. The highest BCUT2D eigenvalue weighted by Crippen LogP contribution is 2.45. The first-order chi connectivity index (χ1) is 45.4. The molecule has 0 fully saturated rings. The Kier molecular flexibility index (Phi) is 64.7. The van der Waals surface area contributed by atoms with Gasteiger partial charge in [-0.05, 0) is 63.2 Å². The van der Waals surface area contributed by atoms with E-state index in [1.54, 1.807) is 0 Å². The van der Waals surface area contributed by atoms with E-state index in [1.807, 2.05) is 0 Å². The molecule has 0 radical (unpaired) electrons. The molecule has 0 saturated carbocycles. The first-order valence-corrected chi connectivity index (χ1v) is 41.4. The predicted octanol–water partition coefficient (Wildman–Crippen LogP) is 21.5. The van der Waals surface area contributed by atoms with Crippen LogP contribution in [0.3, 0.4) is 0 Å². The van der Waals surface area contributed by atoms with Crippen molar-refractivity contribution in [3.63, 3.8) is 0 Å². The molecule has 0 aliphatic heterocycles. The molecule has 0 bridgehead atoms. The lowest BCUT2D eigenvalue weighted by atomic mass is 9.99. The number of ether oxygens (including phenoxy) is 4. The van der Waals surface area contributed by atoms with E-state index in [2.05, 4.69) is 65.8 Å². The van der Waals surface area contributed by atoms with Crippen LogP contribution >= 0.6 is 15.6 Å². The van der Waals surface area contributed by atoms with E-state index in [4.69, 9.17) is 37.0 Å². The van der Waals surface area contributed by atoms with Crippen LogP contribution in [-0.4, -0.2) is 96.7 Å². The maximum Gasteiger partial charge on any atom is 0.472 e. The van der Waals surface area contributed by atoms with Gasteiger partial charge >= 0.3 is 39.5 Å². The van der Waals surface area contributed by atoms with Crippen molar-refractivity contribution in [2.45, 2.75) is 381 Å². The maximum absolute atomic E-state index is 13.1. The predicted molar refractivity (Wildman–Crippen MR) is 381 cm³/mol. The highest BCUT2D eigenvalue weighted by Gasteiger charge is 2.30. The third kappa shape index (κ3) is 65.5. The average Bonchev–Trinajstić information content (AvgIpc) is 2.17. The number of unbranched alkanes of at least 4 members (excludes halogenated alkanes) is 37. The molecule has 554 valence electrons. The van der Waals surface area contributed by atoms with Gasteiger partial charge in [0.25, 0.3) is 0 Å². The zero-order chi connectivity index (χ0) is 69.3. The molecule has 0 amide bonds. The molecular formula is C75H142O17P2.